The molecule has 0 radical (unpaired) electrons. The predicted octanol–water partition coefficient (Wildman–Crippen LogP) is 2.82. The molecule has 1 aromatic rings. The van der Waals surface area contributed by atoms with Gasteiger partial charge in [-0.05, 0) is 50.7 Å². The number of rotatable bonds is 4. The van der Waals surface area contributed by atoms with E-state index in [0.29, 0.717) is 12.2 Å². The van der Waals surface area contributed by atoms with Crippen molar-refractivity contribution in [2.45, 2.75) is 57.8 Å². The van der Waals surface area contributed by atoms with Crippen LogP contribution in [-0.2, 0) is 11.2 Å². The van der Waals surface area contributed by atoms with E-state index in [1.54, 1.807) is 0 Å². The third kappa shape index (κ3) is 3.55. The van der Waals surface area contributed by atoms with Gasteiger partial charge in [-0.1, -0.05) is 24.3 Å². The molecule has 1 fully saturated rings. The van der Waals surface area contributed by atoms with Gasteiger partial charge in [0.2, 0.25) is 0 Å². The van der Waals surface area contributed by atoms with Crippen LogP contribution < -0.4 is 5.73 Å². The van der Waals surface area contributed by atoms with E-state index in [1.165, 1.54) is 24.0 Å². The van der Waals surface area contributed by atoms with Crippen LogP contribution in [0.5, 0.6) is 0 Å². The van der Waals surface area contributed by atoms with Gasteiger partial charge in [-0.15, -0.1) is 0 Å². The highest BCUT2D eigenvalue weighted by Gasteiger charge is 2.23. The Morgan fingerprint density at radius 1 is 1.35 bits per heavy atom. The second-order valence-corrected chi connectivity index (χ2v) is 5.27. The summed E-state index contributed by atoms with van der Waals surface area (Å²) in [7, 11) is 0. The molecule has 3 atom stereocenters. The largest absolute Gasteiger partial charge is 0.375 e. The fourth-order valence-electron chi connectivity index (χ4n) is 2.60. The van der Waals surface area contributed by atoms with Crippen molar-refractivity contribution in [1.29, 1.82) is 0 Å². The third-order valence-corrected chi connectivity index (χ3v) is 3.63. The Hall–Kier alpha value is -0.860. The topological polar surface area (TPSA) is 35.2 Å². The molecule has 1 aliphatic heterocycles. The quantitative estimate of drug-likeness (QED) is 0.868. The van der Waals surface area contributed by atoms with E-state index < -0.39 is 0 Å². The molecule has 1 aromatic carbocycles. The van der Waals surface area contributed by atoms with Crippen molar-refractivity contribution in [1.82, 2.24) is 0 Å². The van der Waals surface area contributed by atoms with Gasteiger partial charge in [-0.3, -0.25) is 0 Å². The lowest BCUT2D eigenvalue weighted by molar-refractivity contribution is 0.0471. The Kier molecular flexibility index (Phi) is 4.19. The summed E-state index contributed by atoms with van der Waals surface area (Å²) in [4.78, 5) is 0. The summed E-state index contributed by atoms with van der Waals surface area (Å²) in [5, 5.41) is 0. The fourth-order valence-corrected chi connectivity index (χ4v) is 2.60. The van der Waals surface area contributed by atoms with Crippen LogP contribution in [0.2, 0.25) is 0 Å². The molecule has 0 amide bonds. The molecule has 0 bridgehead atoms. The van der Waals surface area contributed by atoms with Gasteiger partial charge in [0.1, 0.15) is 0 Å². The minimum absolute atomic E-state index is 0.214. The minimum atomic E-state index is 0.214. The zero-order chi connectivity index (χ0) is 12.3. The van der Waals surface area contributed by atoms with Gasteiger partial charge in [-0.25, -0.2) is 0 Å². The van der Waals surface area contributed by atoms with Gasteiger partial charge in [-0.2, -0.15) is 0 Å². The van der Waals surface area contributed by atoms with Crippen molar-refractivity contribution in [2.75, 3.05) is 0 Å². The smallest absolute Gasteiger partial charge is 0.0594 e. The molecule has 1 heterocycles. The van der Waals surface area contributed by atoms with Crippen LogP contribution in [-0.4, -0.2) is 18.2 Å². The van der Waals surface area contributed by atoms with E-state index in [-0.39, 0.29) is 6.04 Å². The monoisotopic (exact) mass is 233 g/mol. The molecule has 0 spiro atoms. The summed E-state index contributed by atoms with van der Waals surface area (Å²) >= 11 is 0. The van der Waals surface area contributed by atoms with Crippen molar-refractivity contribution in [3.05, 3.63) is 35.4 Å². The highest BCUT2D eigenvalue weighted by atomic mass is 16.5. The van der Waals surface area contributed by atoms with Gasteiger partial charge in [0.05, 0.1) is 12.2 Å². The van der Waals surface area contributed by atoms with Gasteiger partial charge >= 0.3 is 0 Å². The molecule has 2 nitrogen and oxygen atoms in total. The van der Waals surface area contributed by atoms with E-state index in [4.69, 9.17) is 10.5 Å². The van der Waals surface area contributed by atoms with Crippen LogP contribution >= 0.6 is 0 Å². The summed E-state index contributed by atoms with van der Waals surface area (Å²) in [6.07, 6.45) is 5.10. The van der Waals surface area contributed by atoms with Gasteiger partial charge in [0.25, 0.3) is 0 Å². The van der Waals surface area contributed by atoms with E-state index in [2.05, 4.69) is 38.1 Å². The van der Waals surface area contributed by atoms with Gasteiger partial charge < -0.3 is 10.5 Å². The van der Waals surface area contributed by atoms with Crippen LogP contribution in [0.3, 0.4) is 0 Å². The Bertz CT molecular complexity index is 364. The van der Waals surface area contributed by atoms with Crippen LogP contribution in [0, 0.1) is 6.92 Å². The first kappa shape index (κ1) is 12.6. The van der Waals surface area contributed by atoms with E-state index in [9.17, 15) is 0 Å². The molecule has 0 aromatic heterocycles. The Morgan fingerprint density at radius 2 is 2.12 bits per heavy atom. The molecule has 1 aliphatic rings. The first-order chi connectivity index (χ1) is 8.15. The van der Waals surface area contributed by atoms with Gasteiger partial charge in [0, 0.05) is 6.04 Å². The van der Waals surface area contributed by atoms with Crippen LogP contribution in [0.25, 0.3) is 0 Å². The molecule has 1 saturated heterocycles. The van der Waals surface area contributed by atoms with Crippen molar-refractivity contribution in [3.8, 4) is 0 Å². The molecule has 2 rings (SSSR count). The average Bonchev–Trinajstić information content (AvgIpc) is 2.67. The summed E-state index contributed by atoms with van der Waals surface area (Å²) in [6, 6.07) is 8.70. The standard InChI is InChI=1S/C15H23NO/c1-11-5-3-4-6-13(11)9-14(16)10-15-8-7-12(2)17-15/h3-6,12,14-15H,7-10,16H2,1-2H3. The maximum atomic E-state index is 6.22. The van der Waals surface area contributed by atoms with Crippen molar-refractivity contribution in [2.24, 2.45) is 5.73 Å². The molecule has 94 valence electrons. The number of aryl methyl sites for hydroxylation is 1. The molecule has 17 heavy (non-hydrogen) atoms. The number of hydrogen-bond acceptors (Lipinski definition) is 2. The van der Waals surface area contributed by atoms with Gasteiger partial charge in [0.15, 0.2) is 0 Å². The number of ether oxygens (including phenoxy) is 1. The first-order valence-electron chi connectivity index (χ1n) is 6.60. The average molecular weight is 233 g/mol. The third-order valence-electron chi connectivity index (χ3n) is 3.63. The second kappa shape index (κ2) is 5.65. The number of benzene rings is 1. The fraction of sp³-hybridized carbons (Fsp3) is 0.600. The highest BCUT2D eigenvalue weighted by Crippen LogP contribution is 2.23. The molecule has 3 unspecified atom stereocenters. The maximum absolute atomic E-state index is 6.22. The Labute approximate surface area is 104 Å². The Balaban J connectivity index is 1.85. The predicted molar refractivity (Wildman–Crippen MR) is 71.0 cm³/mol. The molecular weight excluding hydrogens is 210 g/mol. The molecule has 0 saturated carbocycles. The zero-order valence-corrected chi connectivity index (χ0v) is 10.9. The lowest BCUT2D eigenvalue weighted by Crippen LogP contribution is -2.28. The SMILES string of the molecule is Cc1ccccc1CC(N)CC1CCC(C)O1. The summed E-state index contributed by atoms with van der Waals surface area (Å²) in [5.41, 5.74) is 8.92. The zero-order valence-electron chi connectivity index (χ0n) is 10.9. The van der Waals surface area contributed by atoms with E-state index in [1.807, 2.05) is 0 Å². The van der Waals surface area contributed by atoms with Crippen molar-refractivity contribution >= 4 is 0 Å². The summed E-state index contributed by atoms with van der Waals surface area (Å²) in [5.74, 6) is 0. The van der Waals surface area contributed by atoms with E-state index in [0.717, 1.165) is 12.8 Å². The molecule has 2 heteroatoms. The first-order valence-corrected chi connectivity index (χ1v) is 6.60. The van der Waals surface area contributed by atoms with Crippen LogP contribution in [0.1, 0.15) is 37.3 Å². The summed E-state index contributed by atoms with van der Waals surface area (Å²) in [6.45, 7) is 4.29. The van der Waals surface area contributed by atoms with Crippen LogP contribution in [0.4, 0.5) is 0 Å². The number of hydrogen-bond donors (Lipinski definition) is 1. The Morgan fingerprint density at radius 3 is 2.76 bits per heavy atom. The van der Waals surface area contributed by atoms with Crippen LogP contribution in [0.15, 0.2) is 24.3 Å². The molecule has 2 N–H and O–H groups in total. The summed E-state index contributed by atoms with van der Waals surface area (Å²) < 4.78 is 5.82. The van der Waals surface area contributed by atoms with E-state index >= 15 is 0 Å². The maximum Gasteiger partial charge on any atom is 0.0594 e. The highest BCUT2D eigenvalue weighted by molar-refractivity contribution is 5.26. The normalized spacial score (nSPS) is 26.1. The minimum Gasteiger partial charge on any atom is -0.375 e. The van der Waals surface area contributed by atoms with Crippen molar-refractivity contribution in [3.63, 3.8) is 0 Å². The lowest BCUT2D eigenvalue weighted by atomic mass is 9.97. The molecule has 0 aliphatic carbocycles. The molecular formula is C15H23NO. The van der Waals surface area contributed by atoms with Crippen molar-refractivity contribution < 1.29 is 4.74 Å². The second-order valence-electron chi connectivity index (χ2n) is 5.27. The number of nitrogens with two attached hydrogens (primary N) is 1. The lowest BCUT2D eigenvalue weighted by Gasteiger charge is -2.18.